The van der Waals surface area contributed by atoms with Crippen molar-refractivity contribution in [1.82, 2.24) is 5.32 Å². The van der Waals surface area contributed by atoms with Crippen molar-refractivity contribution in [3.8, 4) is 0 Å². The number of rotatable bonds is 1. The predicted octanol–water partition coefficient (Wildman–Crippen LogP) is 1.54. The molecule has 0 amide bonds. The van der Waals surface area contributed by atoms with Crippen LogP contribution in [0.2, 0.25) is 0 Å². The summed E-state index contributed by atoms with van der Waals surface area (Å²) in [4.78, 5) is 1.47. The zero-order chi connectivity index (χ0) is 9.26. The molecule has 1 aromatic rings. The maximum absolute atomic E-state index is 5.94. The lowest BCUT2D eigenvalue weighted by molar-refractivity contribution is 0.341. The van der Waals surface area contributed by atoms with E-state index < -0.39 is 0 Å². The molecule has 13 heavy (non-hydrogen) atoms. The largest absolute Gasteiger partial charge is 0.327 e. The quantitative estimate of drug-likeness (QED) is 0.715. The van der Waals surface area contributed by atoms with Crippen LogP contribution >= 0.6 is 11.3 Å². The van der Waals surface area contributed by atoms with E-state index in [4.69, 9.17) is 5.73 Å². The molecule has 2 heterocycles. The molecule has 3 atom stereocenters. The summed E-state index contributed by atoms with van der Waals surface area (Å²) in [6.45, 7) is 3.21. The first-order valence-electron chi connectivity index (χ1n) is 4.79. The summed E-state index contributed by atoms with van der Waals surface area (Å²) in [6, 6.07) is 5.22. The third-order valence-electron chi connectivity index (χ3n) is 2.77. The Morgan fingerprint density at radius 1 is 1.62 bits per heavy atom. The molecule has 0 aromatic carbocycles. The van der Waals surface area contributed by atoms with Gasteiger partial charge < -0.3 is 11.1 Å². The van der Waals surface area contributed by atoms with Gasteiger partial charge in [0.15, 0.2) is 0 Å². The summed E-state index contributed by atoms with van der Waals surface area (Å²) < 4.78 is 0. The van der Waals surface area contributed by atoms with Gasteiger partial charge in [0, 0.05) is 29.4 Å². The fraction of sp³-hybridized carbons (Fsp3) is 0.600. The highest BCUT2D eigenvalue weighted by Gasteiger charge is 2.26. The van der Waals surface area contributed by atoms with E-state index in [1.165, 1.54) is 4.88 Å². The summed E-state index contributed by atoms with van der Waals surface area (Å²) in [7, 11) is 0. The summed E-state index contributed by atoms with van der Waals surface area (Å²) in [6.07, 6.45) is 1.12. The van der Waals surface area contributed by atoms with Crippen LogP contribution in [0, 0.1) is 0 Å². The van der Waals surface area contributed by atoms with Crippen LogP contribution in [-0.4, -0.2) is 18.6 Å². The number of hydrogen-bond donors (Lipinski definition) is 2. The van der Waals surface area contributed by atoms with E-state index in [-0.39, 0.29) is 0 Å². The predicted molar refractivity (Wildman–Crippen MR) is 57.1 cm³/mol. The molecule has 0 radical (unpaired) electrons. The molecule has 2 nitrogen and oxygen atoms in total. The van der Waals surface area contributed by atoms with Crippen LogP contribution in [0.5, 0.6) is 0 Å². The highest BCUT2D eigenvalue weighted by molar-refractivity contribution is 7.10. The van der Waals surface area contributed by atoms with Gasteiger partial charge in [-0.25, -0.2) is 0 Å². The highest BCUT2D eigenvalue weighted by Crippen LogP contribution is 2.30. The Kier molecular flexibility index (Phi) is 2.67. The maximum Gasteiger partial charge on any atom is 0.0172 e. The Hall–Kier alpha value is -0.380. The Labute approximate surface area is 83.1 Å². The Balaban J connectivity index is 2.12. The van der Waals surface area contributed by atoms with Gasteiger partial charge >= 0.3 is 0 Å². The highest BCUT2D eigenvalue weighted by atomic mass is 32.1. The van der Waals surface area contributed by atoms with Gasteiger partial charge in [-0.2, -0.15) is 0 Å². The number of thiophene rings is 1. The van der Waals surface area contributed by atoms with Crippen molar-refractivity contribution in [2.75, 3.05) is 6.54 Å². The molecular weight excluding hydrogens is 180 g/mol. The zero-order valence-electron chi connectivity index (χ0n) is 7.86. The second kappa shape index (κ2) is 3.78. The molecule has 0 bridgehead atoms. The molecule has 72 valence electrons. The summed E-state index contributed by atoms with van der Waals surface area (Å²) >= 11 is 1.84. The van der Waals surface area contributed by atoms with Gasteiger partial charge in [-0.3, -0.25) is 0 Å². The van der Waals surface area contributed by atoms with Crippen molar-refractivity contribution < 1.29 is 0 Å². The van der Waals surface area contributed by atoms with Crippen LogP contribution in [0.1, 0.15) is 24.1 Å². The lowest BCUT2D eigenvalue weighted by Crippen LogP contribution is -2.48. The molecule has 1 aliphatic heterocycles. The molecule has 0 saturated carbocycles. The molecule has 3 N–H and O–H groups in total. The van der Waals surface area contributed by atoms with E-state index in [0.29, 0.717) is 18.0 Å². The number of nitrogens with one attached hydrogen (secondary N) is 1. The zero-order valence-corrected chi connectivity index (χ0v) is 8.68. The third kappa shape index (κ3) is 1.93. The van der Waals surface area contributed by atoms with Gasteiger partial charge in [-0.1, -0.05) is 6.07 Å². The minimum absolute atomic E-state index is 0.322. The molecule has 1 fully saturated rings. The number of hydrogen-bond acceptors (Lipinski definition) is 3. The van der Waals surface area contributed by atoms with Crippen molar-refractivity contribution in [1.29, 1.82) is 0 Å². The van der Waals surface area contributed by atoms with Gasteiger partial charge in [0.25, 0.3) is 0 Å². The monoisotopic (exact) mass is 196 g/mol. The SMILES string of the molecule is CC1NCC(N)CC1c1cccs1. The molecule has 2 rings (SSSR count). The van der Waals surface area contributed by atoms with Crippen molar-refractivity contribution in [2.24, 2.45) is 5.73 Å². The van der Waals surface area contributed by atoms with E-state index >= 15 is 0 Å². The van der Waals surface area contributed by atoms with Crippen LogP contribution in [0.15, 0.2) is 17.5 Å². The van der Waals surface area contributed by atoms with E-state index in [2.05, 4.69) is 29.8 Å². The first-order chi connectivity index (χ1) is 6.27. The topological polar surface area (TPSA) is 38.0 Å². The van der Waals surface area contributed by atoms with Crippen LogP contribution < -0.4 is 11.1 Å². The minimum atomic E-state index is 0.322. The molecular formula is C10H16N2S. The molecule has 0 spiro atoms. The van der Waals surface area contributed by atoms with Crippen LogP contribution in [-0.2, 0) is 0 Å². The molecule has 1 aliphatic rings. The van der Waals surface area contributed by atoms with Crippen molar-refractivity contribution >= 4 is 11.3 Å². The standard InChI is InChI=1S/C10H16N2S/c1-7-9(5-8(11)6-12-7)10-3-2-4-13-10/h2-4,7-9,12H,5-6,11H2,1H3. The van der Waals surface area contributed by atoms with Crippen LogP contribution in [0.25, 0.3) is 0 Å². The first-order valence-corrected chi connectivity index (χ1v) is 5.67. The molecule has 3 heteroatoms. The molecule has 3 unspecified atom stereocenters. The lowest BCUT2D eigenvalue weighted by atomic mass is 9.88. The van der Waals surface area contributed by atoms with E-state index in [1.54, 1.807) is 0 Å². The van der Waals surface area contributed by atoms with E-state index in [1.807, 2.05) is 11.3 Å². The Morgan fingerprint density at radius 3 is 3.15 bits per heavy atom. The van der Waals surface area contributed by atoms with Crippen molar-refractivity contribution in [3.05, 3.63) is 22.4 Å². The van der Waals surface area contributed by atoms with Gasteiger partial charge in [-0.15, -0.1) is 11.3 Å². The van der Waals surface area contributed by atoms with Gasteiger partial charge in [-0.05, 0) is 24.8 Å². The summed E-state index contributed by atoms with van der Waals surface area (Å²) in [5.74, 6) is 0.615. The second-order valence-electron chi connectivity index (χ2n) is 3.81. The smallest absolute Gasteiger partial charge is 0.0172 e. The maximum atomic E-state index is 5.94. The van der Waals surface area contributed by atoms with E-state index in [9.17, 15) is 0 Å². The molecule has 0 aliphatic carbocycles. The minimum Gasteiger partial charge on any atom is -0.327 e. The van der Waals surface area contributed by atoms with Crippen LogP contribution in [0.3, 0.4) is 0 Å². The first kappa shape index (κ1) is 9.19. The normalized spacial score (nSPS) is 34.8. The average molecular weight is 196 g/mol. The fourth-order valence-corrected chi connectivity index (χ4v) is 2.90. The van der Waals surface area contributed by atoms with Gasteiger partial charge in [0.05, 0.1) is 0 Å². The fourth-order valence-electron chi connectivity index (χ4n) is 1.96. The van der Waals surface area contributed by atoms with Crippen molar-refractivity contribution in [3.63, 3.8) is 0 Å². The molecule has 1 aromatic heterocycles. The van der Waals surface area contributed by atoms with Gasteiger partial charge in [0.2, 0.25) is 0 Å². The second-order valence-corrected chi connectivity index (χ2v) is 4.79. The van der Waals surface area contributed by atoms with Crippen LogP contribution in [0.4, 0.5) is 0 Å². The summed E-state index contributed by atoms with van der Waals surface area (Å²) in [5.41, 5.74) is 5.94. The average Bonchev–Trinajstić information content (AvgIpc) is 2.61. The van der Waals surface area contributed by atoms with Gasteiger partial charge in [0.1, 0.15) is 0 Å². The Bertz CT molecular complexity index is 258. The summed E-state index contributed by atoms with van der Waals surface area (Å²) in [5, 5.41) is 5.59. The van der Waals surface area contributed by atoms with Crippen molar-refractivity contribution in [2.45, 2.75) is 31.3 Å². The van der Waals surface area contributed by atoms with E-state index in [0.717, 1.165) is 13.0 Å². The number of nitrogens with two attached hydrogens (primary N) is 1. The lowest BCUT2D eigenvalue weighted by Gasteiger charge is -2.33. The Morgan fingerprint density at radius 2 is 2.46 bits per heavy atom. The number of piperidine rings is 1. The molecule has 1 saturated heterocycles. The third-order valence-corrected chi connectivity index (χ3v) is 3.78.